The molecule has 2 saturated heterocycles. The first-order valence-electron chi connectivity index (χ1n) is 11.5. The average Bonchev–Trinajstić information content (AvgIpc) is 3.24. The molecule has 2 atom stereocenters. The minimum atomic E-state index is -0.163. The number of hydrogen-bond acceptors (Lipinski definition) is 5. The van der Waals surface area contributed by atoms with Gasteiger partial charge in [-0.15, -0.1) is 0 Å². The van der Waals surface area contributed by atoms with Gasteiger partial charge in [-0.05, 0) is 53.6 Å². The zero-order valence-corrected chi connectivity index (χ0v) is 18.5. The van der Waals surface area contributed by atoms with Crippen LogP contribution in [0, 0.1) is 23.6 Å². The molecule has 0 spiro atoms. The minimum absolute atomic E-state index is 0.0483. The molecule has 2 N–H and O–H groups in total. The van der Waals surface area contributed by atoms with Gasteiger partial charge in [-0.25, -0.2) is 4.39 Å². The van der Waals surface area contributed by atoms with Crippen LogP contribution < -0.4 is 15.5 Å². The highest BCUT2D eigenvalue weighted by Crippen LogP contribution is 2.51. The Morgan fingerprint density at radius 2 is 1.75 bits per heavy atom. The maximum atomic E-state index is 14.6. The molecule has 2 aliphatic heterocycles. The van der Waals surface area contributed by atoms with E-state index in [1.165, 1.54) is 12.5 Å². The summed E-state index contributed by atoms with van der Waals surface area (Å²) in [7, 11) is 0. The lowest BCUT2D eigenvalue weighted by Crippen LogP contribution is -2.36. The van der Waals surface area contributed by atoms with E-state index >= 15 is 0 Å². The number of amides is 1. The fourth-order valence-electron chi connectivity index (χ4n) is 5.24. The standard InChI is InChI=1S/C25H31FN4O2/c1-17(31)28-19-4-2-18(3-5-19)14-29-15-22-21(23(22)16-29)13-27-20-6-7-25(24(26)12-20)30-8-10-32-11-9-30/h2-7,12,21-23,27H,8-11,13-16H2,1H3,(H,28,31). The first-order chi connectivity index (χ1) is 15.6. The van der Waals surface area contributed by atoms with E-state index in [9.17, 15) is 9.18 Å². The molecular formula is C25H31FN4O2. The summed E-state index contributed by atoms with van der Waals surface area (Å²) in [5.74, 6) is 1.93. The third-order valence-electron chi connectivity index (χ3n) is 6.97. The Labute approximate surface area is 188 Å². The van der Waals surface area contributed by atoms with Gasteiger partial charge in [0.15, 0.2) is 0 Å². The molecule has 1 amide bonds. The summed E-state index contributed by atoms with van der Waals surface area (Å²) in [6.07, 6.45) is 0. The molecule has 2 heterocycles. The number of halogens is 1. The normalized spacial score (nSPS) is 24.8. The summed E-state index contributed by atoms with van der Waals surface area (Å²) >= 11 is 0. The maximum absolute atomic E-state index is 14.6. The summed E-state index contributed by atoms with van der Waals surface area (Å²) in [6, 6.07) is 13.6. The van der Waals surface area contributed by atoms with Gasteiger partial charge in [0.05, 0.1) is 18.9 Å². The fourth-order valence-corrected chi connectivity index (χ4v) is 5.24. The summed E-state index contributed by atoms with van der Waals surface area (Å²) < 4.78 is 20.0. The molecule has 2 unspecified atom stereocenters. The number of ether oxygens (including phenoxy) is 1. The van der Waals surface area contributed by atoms with Crippen molar-refractivity contribution in [3.05, 3.63) is 53.8 Å². The third-order valence-corrected chi connectivity index (χ3v) is 6.97. The lowest BCUT2D eigenvalue weighted by Gasteiger charge is -2.29. The van der Waals surface area contributed by atoms with Gasteiger partial charge in [-0.1, -0.05) is 12.1 Å². The number of carbonyl (C=O) groups is 1. The van der Waals surface area contributed by atoms with Gasteiger partial charge in [0.25, 0.3) is 0 Å². The van der Waals surface area contributed by atoms with E-state index in [0.717, 1.165) is 62.5 Å². The van der Waals surface area contributed by atoms with Gasteiger partial charge in [-0.3, -0.25) is 9.69 Å². The zero-order chi connectivity index (χ0) is 22.1. The van der Waals surface area contributed by atoms with E-state index < -0.39 is 0 Å². The van der Waals surface area contributed by atoms with Gasteiger partial charge in [0.2, 0.25) is 5.91 Å². The summed E-state index contributed by atoms with van der Waals surface area (Å²) in [6.45, 7) is 8.41. The summed E-state index contributed by atoms with van der Waals surface area (Å²) in [5.41, 5.74) is 3.64. The van der Waals surface area contributed by atoms with Crippen LogP contribution in [0.25, 0.3) is 0 Å². The van der Waals surface area contributed by atoms with Crippen molar-refractivity contribution in [2.75, 3.05) is 61.5 Å². The van der Waals surface area contributed by atoms with Crippen LogP contribution >= 0.6 is 0 Å². The van der Waals surface area contributed by atoms with Crippen molar-refractivity contribution in [1.29, 1.82) is 0 Å². The molecule has 6 nitrogen and oxygen atoms in total. The maximum Gasteiger partial charge on any atom is 0.221 e. The Balaban J connectivity index is 1.07. The molecule has 32 heavy (non-hydrogen) atoms. The van der Waals surface area contributed by atoms with E-state index in [-0.39, 0.29) is 11.7 Å². The van der Waals surface area contributed by atoms with E-state index in [0.29, 0.717) is 24.8 Å². The van der Waals surface area contributed by atoms with Gasteiger partial charge in [0.1, 0.15) is 5.82 Å². The number of morpholine rings is 1. The number of rotatable bonds is 7. The second-order valence-corrected chi connectivity index (χ2v) is 9.21. The lowest BCUT2D eigenvalue weighted by atomic mass is 10.1. The molecule has 170 valence electrons. The quantitative estimate of drug-likeness (QED) is 0.694. The van der Waals surface area contributed by atoms with E-state index in [1.54, 1.807) is 6.07 Å². The Morgan fingerprint density at radius 1 is 1.06 bits per heavy atom. The molecule has 0 radical (unpaired) electrons. The molecule has 3 fully saturated rings. The van der Waals surface area contributed by atoms with E-state index in [1.807, 2.05) is 24.3 Å². The van der Waals surface area contributed by atoms with Crippen LogP contribution in [0.2, 0.25) is 0 Å². The number of likely N-dealkylation sites (tertiary alicyclic amines) is 1. The van der Waals surface area contributed by atoms with Crippen LogP contribution in [0.3, 0.4) is 0 Å². The second kappa shape index (κ2) is 9.08. The van der Waals surface area contributed by atoms with E-state index in [2.05, 4.69) is 32.6 Å². The number of anilines is 3. The number of fused-ring (bicyclic) bond motifs is 1. The van der Waals surface area contributed by atoms with E-state index in [4.69, 9.17) is 4.74 Å². The Kier molecular flexibility index (Phi) is 6.02. The van der Waals surface area contributed by atoms with Crippen molar-refractivity contribution >= 4 is 23.0 Å². The van der Waals surface area contributed by atoms with Gasteiger partial charge in [0, 0.05) is 57.6 Å². The number of piperidine rings is 1. The molecular weight excluding hydrogens is 407 g/mol. The molecule has 2 aromatic carbocycles. The van der Waals surface area contributed by atoms with Gasteiger partial charge >= 0.3 is 0 Å². The van der Waals surface area contributed by atoms with Crippen molar-refractivity contribution in [3.63, 3.8) is 0 Å². The van der Waals surface area contributed by atoms with Crippen LogP contribution in [-0.4, -0.2) is 56.7 Å². The van der Waals surface area contributed by atoms with Crippen molar-refractivity contribution < 1.29 is 13.9 Å². The SMILES string of the molecule is CC(=O)Nc1ccc(CN2CC3C(CNc4ccc(N5CCOCC5)c(F)c4)C3C2)cc1. The lowest BCUT2D eigenvalue weighted by molar-refractivity contribution is -0.114. The first kappa shape index (κ1) is 21.2. The topological polar surface area (TPSA) is 56.8 Å². The van der Waals surface area contributed by atoms with Crippen molar-refractivity contribution in [2.24, 2.45) is 17.8 Å². The highest BCUT2D eigenvalue weighted by atomic mass is 19.1. The first-order valence-corrected chi connectivity index (χ1v) is 11.5. The van der Waals surface area contributed by atoms with Crippen LogP contribution in [0.4, 0.5) is 21.5 Å². The predicted molar refractivity (Wildman–Crippen MR) is 124 cm³/mol. The average molecular weight is 439 g/mol. The molecule has 1 saturated carbocycles. The predicted octanol–water partition coefficient (Wildman–Crippen LogP) is 3.41. The number of benzene rings is 2. The molecule has 3 aliphatic rings. The third kappa shape index (κ3) is 4.74. The van der Waals surface area contributed by atoms with Crippen molar-refractivity contribution in [3.8, 4) is 0 Å². The molecule has 0 bridgehead atoms. The number of carbonyl (C=O) groups excluding carboxylic acids is 1. The Bertz CT molecular complexity index is 949. The highest BCUT2D eigenvalue weighted by molar-refractivity contribution is 5.88. The zero-order valence-electron chi connectivity index (χ0n) is 18.5. The van der Waals surface area contributed by atoms with Gasteiger partial charge in [-0.2, -0.15) is 0 Å². The van der Waals surface area contributed by atoms with Crippen LogP contribution in [0.1, 0.15) is 12.5 Å². The monoisotopic (exact) mass is 438 g/mol. The summed E-state index contributed by atoms with van der Waals surface area (Å²) in [4.78, 5) is 15.7. The van der Waals surface area contributed by atoms with Gasteiger partial charge < -0.3 is 20.3 Å². The number of nitrogens with zero attached hydrogens (tertiary/aromatic N) is 2. The number of hydrogen-bond donors (Lipinski definition) is 2. The fraction of sp³-hybridized carbons (Fsp3) is 0.480. The molecule has 5 rings (SSSR count). The molecule has 0 aromatic heterocycles. The smallest absolute Gasteiger partial charge is 0.221 e. The Hall–Kier alpha value is -2.64. The van der Waals surface area contributed by atoms with Crippen LogP contribution in [-0.2, 0) is 16.1 Å². The minimum Gasteiger partial charge on any atom is -0.385 e. The van der Waals surface area contributed by atoms with Crippen LogP contribution in [0.15, 0.2) is 42.5 Å². The molecule has 7 heteroatoms. The Morgan fingerprint density at radius 3 is 2.41 bits per heavy atom. The largest absolute Gasteiger partial charge is 0.385 e. The highest BCUT2D eigenvalue weighted by Gasteiger charge is 2.54. The second-order valence-electron chi connectivity index (χ2n) is 9.21. The van der Waals surface area contributed by atoms with Crippen LogP contribution in [0.5, 0.6) is 0 Å². The summed E-state index contributed by atoms with van der Waals surface area (Å²) in [5, 5.41) is 6.26. The van der Waals surface area contributed by atoms with Crippen molar-refractivity contribution in [2.45, 2.75) is 13.5 Å². The molecule has 1 aliphatic carbocycles. The van der Waals surface area contributed by atoms with Crippen molar-refractivity contribution in [1.82, 2.24) is 4.90 Å². The number of nitrogens with one attached hydrogen (secondary N) is 2. The molecule has 2 aromatic rings.